The van der Waals surface area contributed by atoms with Crippen LogP contribution < -0.4 is 0 Å². The number of fused-ring (bicyclic) bond motifs is 1. The molecule has 0 radical (unpaired) electrons. The van der Waals surface area contributed by atoms with Gasteiger partial charge in [-0.25, -0.2) is 9.78 Å². The first-order valence-corrected chi connectivity index (χ1v) is 5.73. The van der Waals surface area contributed by atoms with Crippen LogP contribution in [-0.2, 0) is 4.74 Å². The normalized spacial score (nSPS) is 10.7. The Morgan fingerprint density at radius 3 is 3.00 bits per heavy atom. The van der Waals surface area contributed by atoms with Crippen molar-refractivity contribution in [3.63, 3.8) is 0 Å². The average molecular weight is 283 g/mol. The van der Waals surface area contributed by atoms with Crippen LogP contribution in [0.25, 0.3) is 5.65 Å². The second-order valence-electron chi connectivity index (χ2n) is 3.44. The minimum Gasteiger partial charge on any atom is -0.461 e. The van der Waals surface area contributed by atoms with E-state index in [9.17, 15) is 4.79 Å². The summed E-state index contributed by atoms with van der Waals surface area (Å²) in [5, 5.41) is 0. The lowest BCUT2D eigenvalue weighted by atomic mass is 10.3. The number of imidazole rings is 1. The van der Waals surface area contributed by atoms with Gasteiger partial charge in [-0.05, 0) is 41.4 Å². The predicted octanol–water partition coefficient (Wildman–Crippen LogP) is 2.58. The van der Waals surface area contributed by atoms with Gasteiger partial charge in [0.25, 0.3) is 0 Å². The third-order valence-corrected chi connectivity index (χ3v) is 2.71. The number of aromatic nitrogens is 2. The van der Waals surface area contributed by atoms with Crippen molar-refractivity contribution in [2.24, 2.45) is 0 Å². The molecule has 0 saturated heterocycles. The van der Waals surface area contributed by atoms with E-state index in [-0.39, 0.29) is 0 Å². The van der Waals surface area contributed by atoms with Gasteiger partial charge >= 0.3 is 5.97 Å². The van der Waals surface area contributed by atoms with Crippen molar-refractivity contribution in [2.75, 3.05) is 6.61 Å². The summed E-state index contributed by atoms with van der Waals surface area (Å²) in [6.45, 7) is 4.11. The van der Waals surface area contributed by atoms with E-state index in [4.69, 9.17) is 4.74 Å². The number of carbonyl (C=O) groups is 1. The fourth-order valence-electron chi connectivity index (χ4n) is 1.49. The zero-order valence-corrected chi connectivity index (χ0v) is 10.6. The number of pyridine rings is 1. The van der Waals surface area contributed by atoms with E-state index >= 15 is 0 Å². The van der Waals surface area contributed by atoms with Gasteiger partial charge in [-0.1, -0.05) is 0 Å². The maximum Gasteiger partial charge on any atom is 0.358 e. The first-order chi connectivity index (χ1) is 7.61. The molecule has 2 heterocycles. The smallest absolute Gasteiger partial charge is 0.358 e. The van der Waals surface area contributed by atoms with E-state index in [1.165, 1.54) is 0 Å². The number of aryl methyl sites for hydroxylation is 1. The molecule has 0 saturated carbocycles. The van der Waals surface area contributed by atoms with Crippen molar-refractivity contribution in [2.45, 2.75) is 13.8 Å². The molecule has 0 atom stereocenters. The molecule has 0 N–H and O–H groups in total. The van der Waals surface area contributed by atoms with Crippen molar-refractivity contribution < 1.29 is 9.53 Å². The van der Waals surface area contributed by atoms with Crippen molar-refractivity contribution in [1.82, 2.24) is 9.38 Å². The van der Waals surface area contributed by atoms with E-state index < -0.39 is 5.97 Å². The van der Waals surface area contributed by atoms with E-state index in [1.807, 2.05) is 23.6 Å². The largest absolute Gasteiger partial charge is 0.461 e. The molecule has 2 rings (SSSR count). The van der Waals surface area contributed by atoms with Gasteiger partial charge in [0, 0.05) is 12.4 Å². The number of hydrogen-bond donors (Lipinski definition) is 0. The van der Waals surface area contributed by atoms with Crippen molar-refractivity contribution >= 4 is 27.5 Å². The van der Waals surface area contributed by atoms with Crippen molar-refractivity contribution in [3.05, 3.63) is 34.2 Å². The molecule has 0 bridgehead atoms. The molecule has 0 spiro atoms. The Kier molecular flexibility index (Phi) is 2.96. The minimum absolute atomic E-state index is 0.327. The Morgan fingerprint density at radius 1 is 1.56 bits per heavy atom. The van der Waals surface area contributed by atoms with Gasteiger partial charge in [0.1, 0.15) is 0 Å². The predicted molar refractivity (Wildman–Crippen MR) is 63.6 cm³/mol. The molecule has 0 aliphatic carbocycles. The van der Waals surface area contributed by atoms with Gasteiger partial charge in [0.2, 0.25) is 0 Å². The Morgan fingerprint density at radius 2 is 2.31 bits per heavy atom. The zero-order chi connectivity index (χ0) is 11.7. The third kappa shape index (κ3) is 1.95. The van der Waals surface area contributed by atoms with Crippen LogP contribution in [0.15, 0.2) is 22.9 Å². The monoisotopic (exact) mass is 282 g/mol. The lowest BCUT2D eigenvalue weighted by Gasteiger charge is -1.97. The number of hydrogen-bond acceptors (Lipinski definition) is 3. The van der Waals surface area contributed by atoms with E-state index in [1.54, 1.807) is 13.1 Å². The summed E-state index contributed by atoms with van der Waals surface area (Å²) in [5.41, 5.74) is 2.13. The highest BCUT2D eigenvalue weighted by atomic mass is 79.9. The maximum atomic E-state index is 11.5. The lowest BCUT2D eigenvalue weighted by molar-refractivity contribution is 0.0520. The molecule has 0 aliphatic heterocycles. The Hall–Kier alpha value is -1.36. The van der Waals surface area contributed by atoms with Gasteiger partial charge in [-0.15, -0.1) is 0 Å². The molecule has 0 amide bonds. The maximum absolute atomic E-state index is 11.5. The Bertz CT molecular complexity index is 548. The molecule has 0 unspecified atom stereocenters. The van der Waals surface area contributed by atoms with Crippen LogP contribution in [0, 0.1) is 6.92 Å². The summed E-state index contributed by atoms with van der Waals surface area (Å²) in [5.74, 6) is -0.393. The van der Waals surface area contributed by atoms with Crippen LogP contribution in [0.1, 0.15) is 23.0 Å². The fourth-order valence-corrected chi connectivity index (χ4v) is 2.15. The van der Waals surface area contributed by atoms with Gasteiger partial charge in [0.15, 0.2) is 11.3 Å². The summed E-state index contributed by atoms with van der Waals surface area (Å²) in [6.07, 6.45) is 3.58. The van der Waals surface area contributed by atoms with Crippen molar-refractivity contribution in [1.29, 1.82) is 0 Å². The molecule has 2 aromatic heterocycles. The summed E-state index contributed by atoms with van der Waals surface area (Å²) >= 11 is 3.41. The second-order valence-corrected chi connectivity index (χ2v) is 4.30. The number of halogens is 1. The molecular weight excluding hydrogens is 272 g/mol. The molecule has 0 fully saturated rings. The van der Waals surface area contributed by atoms with Gasteiger partial charge in [-0.3, -0.25) is 0 Å². The lowest BCUT2D eigenvalue weighted by Crippen LogP contribution is -2.04. The molecule has 16 heavy (non-hydrogen) atoms. The molecule has 5 heteroatoms. The molecule has 4 nitrogen and oxygen atoms in total. The number of ether oxygens (including phenoxy) is 1. The molecule has 0 aromatic carbocycles. The first-order valence-electron chi connectivity index (χ1n) is 4.93. The number of nitrogens with zero attached hydrogens (tertiary/aromatic N) is 2. The second kappa shape index (κ2) is 4.25. The number of carbonyl (C=O) groups excluding carboxylic acids is 1. The van der Waals surface area contributed by atoms with E-state index in [0.29, 0.717) is 17.9 Å². The van der Waals surface area contributed by atoms with Crippen LogP contribution >= 0.6 is 15.9 Å². The standard InChI is InChI=1S/C11H11BrN2O2/c1-3-16-11(15)9-6-14-5-7(2)4-8(12)10(14)13-9/h4-6H,3H2,1-2H3. The quantitative estimate of drug-likeness (QED) is 0.796. The Labute approximate surface area is 101 Å². The minimum atomic E-state index is -0.393. The van der Waals surface area contributed by atoms with Crippen LogP contribution in [0.5, 0.6) is 0 Å². The fraction of sp³-hybridized carbons (Fsp3) is 0.273. The Balaban J connectivity index is 2.51. The van der Waals surface area contributed by atoms with Gasteiger partial charge in [-0.2, -0.15) is 0 Å². The summed E-state index contributed by atoms with van der Waals surface area (Å²) in [6, 6.07) is 1.96. The molecule has 0 aliphatic rings. The highest BCUT2D eigenvalue weighted by Crippen LogP contribution is 2.19. The topological polar surface area (TPSA) is 43.6 Å². The number of rotatable bonds is 2. The van der Waals surface area contributed by atoms with Crippen LogP contribution in [-0.4, -0.2) is 22.0 Å². The van der Waals surface area contributed by atoms with Crippen LogP contribution in [0.4, 0.5) is 0 Å². The van der Waals surface area contributed by atoms with Crippen molar-refractivity contribution in [3.8, 4) is 0 Å². The summed E-state index contributed by atoms with van der Waals surface area (Å²) in [7, 11) is 0. The van der Waals surface area contributed by atoms with Gasteiger partial charge < -0.3 is 9.14 Å². The van der Waals surface area contributed by atoms with E-state index in [2.05, 4.69) is 20.9 Å². The summed E-state index contributed by atoms with van der Waals surface area (Å²) < 4.78 is 7.57. The molecular formula is C11H11BrN2O2. The third-order valence-electron chi connectivity index (χ3n) is 2.13. The SMILES string of the molecule is CCOC(=O)c1cn2cc(C)cc(Br)c2n1. The molecule has 2 aromatic rings. The average Bonchev–Trinajstić information content (AvgIpc) is 2.62. The molecule has 84 valence electrons. The highest BCUT2D eigenvalue weighted by molar-refractivity contribution is 9.10. The highest BCUT2D eigenvalue weighted by Gasteiger charge is 2.13. The van der Waals surface area contributed by atoms with E-state index in [0.717, 1.165) is 10.0 Å². The number of esters is 1. The first kappa shape index (κ1) is 11.1. The van der Waals surface area contributed by atoms with Crippen LogP contribution in [0.3, 0.4) is 0 Å². The zero-order valence-electron chi connectivity index (χ0n) is 9.03. The summed E-state index contributed by atoms with van der Waals surface area (Å²) in [4.78, 5) is 15.7. The van der Waals surface area contributed by atoms with Gasteiger partial charge in [0.05, 0.1) is 11.1 Å². The van der Waals surface area contributed by atoms with Crippen LogP contribution in [0.2, 0.25) is 0 Å².